The minimum Gasteiger partial charge on any atom is -0.480 e. The number of esters is 1. The first kappa shape index (κ1) is 34.7. The lowest BCUT2D eigenvalue weighted by atomic mass is 9.79. The van der Waals surface area contributed by atoms with Gasteiger partial charge in [0.05, 0.1) is 5.41 Å². The molecule has 226 valence electrons. The van der Waals surface area contributed by atoms with Crippen molar-refractivity contribution in [1.82, 2.24) is 0 Å². The fraction of sp³-hybridized carbons (Fsp3) is 0.655. The Morgan fingerprint density at radius 2 is 1.32 bits per heavy atom. The Morgan fingerprint density at radius 1 is 0.850 bits per heavy atom. The highest BCUT2D eigenvalue weighted by atomic mass is 16.8. The van der Waals surface area contributed by atoms with Crippen molar-refractivity contribution in [2.45, 2.75) is 112 Å². The first-order valence-electron chi connectivity index (χ1n) is 13.2. The van der Waals surface area contributed by atoms with Crippen LogP contribution in [0.2, 0.25) is 0 Å². The molecule has 0 saturated heterocycles. The summed E-state index contributed by atoms with van der Waals surface area (Å²) < 4.78 is 26.8. The van der Waals surface area contributed by atoms with E-state index in [1.807, 2.05) is 6.92 Å². The van der Waals surface area contributed by atoms with Crippen LogP contribution < -0.4 is 15.2 Å². The van der Waals surface area contributed by atoms with Crippen LogP contribution in [-0.4, -0.2) is 52.7 Å². The van der Waals surface area contributed by atoms with E-state index in [0.29, 0.717) is 12.0 Å². The van der Waals surface area contributed by atoms with E-state index in [1.165, 1.54) is 18.2 Å². The van der Waals surface area contributed by atoms with Crippen LogP contribution in [0.15, 0.2) is 18.2 Å². The maximum Gasteiger partial charge on any atom is 0.514 e. The molecule has 11 nitrogen and oxygen atoms in total. The summed E-state index contributed by atoms with van der Waals surface area (Å²) >= 11 is 0. The van der Waals surface area contributed by atoms with Crippen molar-refractivity contribution in [3.63, 3.8) is 0 Å². The first-order valence-corrected chi connectivity index (χ1v) is 13.2. The predicted octanol–water partition coefficient (Wildman–Crippen LogP) is 5.81. The van der Waals surface area contributed by atoms with Gasteiger partial charge in [-0.05, 0) is 86.4 Å². The molecule has 0 bridgehead atoms. The van der Waals surface area contributed by atoms with Gasteiger partial charge in [0.1, 0.15) is 23.3 Å². The highest BCUT2D eigenvalue weighted by molar-refractivity contribution is 5.76. The third-order valence-electron chi connectivity index (χ3n) is 6.23. The van der Waals surface area contributed by atoms with Gasteiger partial charge in [0.25, 0.3) is 0 Å². The van der Waals surface area contributed by atoms with Crippen LogP contribution in [0.3, 0.4) is 0 Å². The molecule has 3 unspecified atom stereocenters. The van der Waals surface area contributed by atoms with Crippen LogP contribution in [0.4, 0.5) is 9.59 Å². The number of rotatable bonds is 10. The number of nitrogens with two attached hydrogens (primary N) is 1. The lowest BCUT2D eigenvalue weighted by molar-refractivity contribution is -0.162. The fourth-order valence-electron chi connectivity index (χ4n) is 3.48. The van der Waals surface area contributed by atoms with Crippen LogP contribution >= 0.6 is 0 Å². The normalized spacial score (nSPS) is 15.2. The zero-order valence-corrected chi connectivity index (χ0v) is 25.4. The number of carbonyl (C=O) groups excluding carboxylic acids is 3. The molecule has 4 atom stereocenters. The molecule has 0 aromatic heterocycles. The highest BCUT2D eigenvalue weighted by Crippen LogP contribution is 2.38. The molecule has 0 saturated carbocycles. The van der Waals surface area contributed by atoms with Gasteiger partial charge in [0, 0.05) is 11.8 Å². The van der Waals surface area contributed by atoms with Crippen molar-refractivity contribution >= 4 is 24.2 Å². The Morgan fingerprint density at radius 3 is 1.75 bits per heavy atom. The summed E-state index contributed by atoms with van der Waals surface area (Å²) in [6.45, 7) is 18.7. The molecule has 0 fully saturated rings. The quantitative estimate of drug-likeness (QED) is 0.199. The molecule has 1 rings (SSSR count). The third kappa shape index (κ3) is 10.7. The van der Waals surface area contributed by atoms with Gasteiger partial charge in [0.15, 0.2) is 11.5 Å². The molecule has 0 aliphatic carbocycles. The van der Waals surface area contributed by atoms with Gasteiger partial charge < -0.3 is 34.5 Å². The largest absolute Gasteiger partial charge is 0.514 e. The number of carboxylic acids is 1. The second-order valence-corrected chi connectivity index (χ2v) is 12.4. The van der Waals surface area contributed by atoms with Gasteiger partial charge in [-0.2, -0.15) is 0 Å². The summed E-state index contributed by atoms with van der Waals surface area (Å²) in [5.74, 6) is -3.58. The number of ether oxygens (including phenoxy) is 5. The van der Waals surface area contributed by atoms with E-state index in [4.69, 9.17) is 29.4 Å². The summed E-state index contributed by atoms with van der Waals surface area (Å²) in [5.41, 5.74) is 4.00. The maximum atomic E-state index is 12.7. The lowest BCUT2D eigenvalue weighted by Gasteiger charge is -2.33. The Balaban J connectivity index is 3.54. The van der Waals surface area contributed by atoms with Crippen molar-refractivity contribution < 1.29 is 48.0 Å². The lowest BCUT2D eigenvalue weighted by Crippen LogP contribution is -2.43. The average molecular weight is 568 g/mol. The van der Waals surface area contributed by atoms with Crippen molar-refractivity contribution in [2.24, 2.45) is 17.1 Å². The van der Waals surface area contributed by atoms with E-state index in [9.17, 15) is 24.3 Å². The Bertz CT molecular complexity index is 1070. The van der Waals surface area contributed by atoms with E-state index < -0.39 is 64.8 Å². The molecule has 0 spiro atoms. The van der Waals surface area contributed by atoms with Crippen molar-refractivity contribution in [1.29, 1.82) is 0 Å². The predicted molar refractivity (Wildman–Crippen MR) is 147 cm³/mol. The summed E-state index contributed by atoms with van der Waals surface area (Å²) in [5, 5.41) is 9.79. The minimum absolute atomic E-state index is 0.164. The molecule has 0 aliphatic heterocycles. The topological polar surface area (TPSA) is 161 Å². The Hall–Kier alpha value is -3.34. The first-order chi connectivity index (χ1) is 18.1. The number of hydrogen-bond donors (Lipinski definition) is 2. The standard InChI is InChI=1S/C29H45NO10/c1-12-29(10,11)24(33)36-17(3)16(2)21(22(30)23(31)32)18-13-14-19(37-25(34)39-27(4,5)6)20(15-18)38-26(35)40-28(7,8)9/h13-17,21-22H,12,30H2,1-11H3,(H,31,32)/t16?,17?,21?,22-/m0/s1. The molecule has 3 N–H and O–H groups in total. The van der Waals surface area contributed by atoms with E-state index in [2.05, 4.69) is 0 Å². The molecule has 0 aliphatic rings. The SMILES string of the molecule is CCC(C)(C)C(=O)OC(C)C(C)C(c1ccc(OC(=O)OC(C)(C)C)c(OC(=O)OC(C)(C)C)c1)[C@H](N)C(=O)O. The van der Waals surface area contributed by atoms with Gasteiger partial charge in [-0.3, -0.25) is 9.59 Å². The molecular formula is C29H45NO10. The molecular weight excluding hydrogens is 522 g/mol. The molecule has 0 heterocycles. The second-order valence-electron chi connectivity index (χ2n) is 12.4. The van der Waals surface area contributed by atoms with E-state index in [0.717, 1.165) is 0 Å². The van der Waals surface area contributed by atoms with Gasteiger partial charge in [-0.15, -0.1) is 0 Å². The second kappa shape index (κ2) is 13.3. The van der Waals surface area contributed by atoms with Gasteiger partial charge in [-0.25, -0.2) is 9.59 Å². The number of carbonyl (C=O) groups is 4. The Labute approximate surface area is 236 Å². The van der Waals surface area contributed by atoms with Gasteiger partial charge in [0.2, 0.25) is 0 Å². The zero-order valence-electron chi connectivity index (χ0n) is 25.4. The summed E-state index contributed by atoms with van der Waals surface area (Å²) in [4.78, 5) is 49.6. The maximum absolute atomic E-state index is 12.7. The third-order valence-corrected chi connectivity index (χ3v) is 6.23. The summed E-state index contributed by atoms with van der Waals surface area (Å²) in [7, 11) is 0. The molecule has 1 aromatic carbocycles. The fourth-order valence-corrected chi connectivity index (χ4v) is 3.48. The van der Waals surface area contributed by atoms with Crippen molar-refractivity contribution in [3.05, 3.63) is 23.8 Å². The number of carboxylic acid groups (broad SMARTS) is 1. The molecule has 11 heteroatoms. The number of hydrogen-bond acceptors (Lipinski definition) is 10. The summed E-state index contributed by atoms with van der Waals surface area (Å²) in [6, 6.07) is 2.76. The van der Waals surface area contributed by atoms with Crippen LogP contribution in [-0.2, 0) is 23.8 Å². The molecule has 0 radical (unpaired) electrons. The zero-order chi connectivity index (χ0) is 31.2. The van der Waals surface area contributed by atoms with Crippen molar-refractivity contribution in [3.8, 4) is 11.5 Å². The minimum atomic E-state index is -1.41. The van der Waals surface area contributed by atoms with Crippen LogP contribution in [0.5, 0.6) is 11.5 Å². The van der Waals surface area contributed by atoms with Crippen LogP contribution in [0, 0.1) is 11.3 Å². The molecule has 0 amide bonds. The summed E-state index contributed by atoms with van der Waals surface area (Å²) in [6.07, 6.45) is -2.28. The van der Waals surface area contributed by atoms with Gasteiger partial charge in [-0.1, -0.05) is 19.9 Å². The monoisotopic (exact) mass is 567 g/mol. The molecule has 1 aromatic rings. The average Bonchev–Trinajstić information content (AvgIpc) is 2.77. The smallest absolute Gasteiger partial charge is 0.480 e. The number of benzene rings is 1. The number of aliphatic carboxylic acids is 1. The Kier molecular flexibility index (Phi) is 11.6. The molecule has 40 heavy (non-hydrogen) atoms. The van der Waals surface area contributed by atoms with E-state index in [1.54, 1.807) is 69.2 Å². The highest BCUT2D eigenvalue weighted by Gasteiger charge is 2.38. The van der Waals surface area contributed by atoms with Crippen molar-refractivity contribution in [2.75, 3.05) is 0 Å². The van der Waals surface area contributed by atoms with Crippen LogP contribution in [0.1, 0.15) is 94.1 Å². The van der Waals surface area contributed by atoms with E-state index >= 15 is 0 Å². The van der Waals surface area contributed by atoms with Crippen LogP contribution in [0.25, 0.3) is 0 Å². The van der Waals surface area contributed by atoms with E-state index in [-0.39, 0.29) is 11.5 Å². The van der Waals surface area contributed by atoms with Gasteiger partial charge >= 0.3 is 24.2 Å².